The number of para-hydroxylation sites is 1. The number of nitrogens with one attached hydrogen (secondary N) is 1. The van der Waals surface area contributed by atoms with Crippen LogP contribution in [0.5, 0.6) is 5.75 Å². The topological polar surface area (TPSA) is 81.7 Å². The van der Waals surface area contributed by atoms with Crippen LogP contribution in [0.4, 0.5) is 5.69 Å². The summed E-state index contributed by atoms with van der Waals surface area (Å²) in [5.41, 5.74) is 0.981. The van der Waals surface area contributed by atoms with E-state index >= 15 is 0 Å². The Kier molecular flexibility index (Phi) is 8.02. The molecule has 0 spiro atoms. The third-order valence-electron chi connectivity index (χ3n) is 3.63. The number of ether oxygens (including phenoxy) is 2. The summed E-state index contributed by atoms with van der Waals surface area (Å²) in [7, 11) is 0. The van der Waals surface area contributed by atoms with Gasteiger partial charge < -0.3 is 14.8 Å². The van der Waals surface area contributed by atoms with Crippen molar-refractivity contribution < 1.29 is 23.9 Å². The summed E-state index contributed by atoms with van der Waals surface area (Å²) in [6, 6.07) is 13.1. The van der Waals surface area contributed by atoms with Crippen molar-refractivity contribution >= 4 is 34.9 Å². The molecule has 6 nitrogen and oxygen atoms in total. The van der Waals surface area contributed by atoms with Crippen LogP contribution in [0.25, 0.3) is 0 Å². The largest absolute Gasteiger partial charge is 0.480 e. The van der Waals surface area contributed by atoms with Gasteiger partial charge in [0, 0.05) is 17.7 Å². The Morgan fingerprint density at radius 1 is 1.00 bits per heavy atom. The van der Waals surface area contributed by atoms with E-state index in [1.165, 1.54) is 0 Å². The highest BCUT2D eigenvalue weighted by molar-refractivity contribution is 6.32. The molecule has 0 aliphatic carbocycles. The van der Waals surface area contributed by atoms with Crippen molar-refractivity contribution in [2.45, 2.75) is 20.3 Å². The minimum atomic E-state index is -0.675. The third-order valence-corrected chi connectivity index (χ3v) is 3.94. The highest BCUT2D eigenvalue weighted by Crippen LogP contribution is 2.22. The highest BCUT2D eigenvalue weighted by atomic mass is 35.5. The number of halogens is 1. The van der Waals surface area contributed by atoms with Crippen molar-refractivity contribution in [3.63, 3.8) is 0 Å². The maximum absolute atomic E-state index is 12.1. The number of hydrogen-bond donors (Lipinski definition) is 1. The first-order valence-corrected chi connectivity index (χ1v) is 9.19. The lowest BCUT2D eigenvalue weighted by molar-refractivity contribution is -0.144. The lowest BCUT2D eigenvalue weighted by Gasteiger charge is -2.09. The molecule has 2 aromatic carbocycles. The van der Waals surface area contributed by atoms with E-state index in [0.29, 0.717) is 28.4 Å². The molecule has 1 N–H and O–H groups in total. The zero-order chi connectivity index (χ0) is 20.5. The van der Waals surface area contributed by atoms with Gasteiger partial charge in [-0.1, -0.05) is 37.6 Å². The molecule has 0 saturated heterocycles. The molecule has 0 aliphatic rings. The molecule has 0 saturated carbocycles. The van der Waals surface area contributed by atoms with E-state index in [1.54, 1.807) is 48.5 Å². The normalized spacial score (nSPS) is 10.4. The SMILES string of the molecule is CC(C)CC(=O)Nc1ccc(C(=O)COC(=O)COc2ccccc2Cl)cc1. The predicted molar refractivity (Wildman–Crippen MR) is 107 cm³/mol. The minimum Gasteiger partial charge on any atom is -0.480 e. The van der Waals surface area contributed by atoms with Crippen LogP contribution in [-0.2, 0) is 14.3 Å². The standard InChI is InChI=1S/C21H22ClNO5/c1-14(2)11-20(25)23-16-9-7-15(8-10-16)18(24)12-28-21(26)13-27-19-6-4-3-5-17(19)22/h3-10,14H,11-13H2,1-2H3,(H,23,25). The van der Waals surface area contributed by atoms with Crippen molar-refractivity contribution in [1.82, 2.24) is 0 Å². The number of carbonyl (C=O) groups excluding carboxylic acids is 3. The maximum Gasteiger partial charge on any atom is 0.344 e. The Morgan fingerprint density at radius 2 is 1.68 bits per heavy atom. The lowest BCUT2D eigenvalue weighted by Crippen LogP contribution is -2.19. The molecule has 28 heavy (non-hydrogen) atoms. The second-order valence-electron chi connectivity index (χ2n) is 6.53. The maximum atomic E-state index is 12.1. The lowest BCUT2D eigenvalue weighted by atomic mass is 10.1. The van der Waals surface area contributed by atoms with Gasteiger partial charge in [0.05, 0.1) is 5.02 Å². The zero-order valence-electron chi connectivity index (χ0n) is 15.7. The first kappa shape index (κ1) is 21.4. The van der Waals surface area contributed by atoms with Crippen LogP contribution in [0.15, 0.2) is 48.5 Å². The first-order valence-electron chi connectivity index (χ1n) is 8.81. The molecule has 0 heterocycles. The van der Waals surface area contributed by atoms with E-state index in [0.717, 1.165) is 0 Å². The average molecular weight is 404 g/mol. The van der Waals surface area contributed by atoms with Gasteiger partial charge >= 0.3 is 5.97 Å². The molecule has 0 aliphatic heterocycles. The van der Waals surface area contributed by atoms with Crippen LogP contribution in [0.2, 0.25) is 5.02 Å². The molecular weight excluding hydrogens is 382 g/mol. The molecule has 7 heteroatoms. The van der Waals surface area contributed by atoms with Gasteiger partial charge in [0.2, 0.25) is 5.91 Å². The number of Topliss-reactive ketones (excluding diaryl/α,β-unsaturated/α-hetero) is 1. The van der Waals surface area contributed by atoms with E-state index in [-0.39, 0.29) is 24.2 Å². The summed E-state index contributed by atoms with van der Waals surface area (Å²) < 4.78 is 10.2. The van der Waals surface area contributed by atoms with Crippen LogP contribution >= 0.6 is 11.6 Å². The Balaban J connectivity index is 1.78. The number of amides is 1. The Hall–Kier alpha value is -2.86. The molecule has 0 radical (unpaired) electrons. The number of esters is 1. The monoisotopic (exact) mass is 403 g/mol. The Bertz CT molecular complexity index is 833. The van der Waals surface area contributed by atoms with E-state index in [1.807, 2.05) is 13.8 Å². The Morgan fingerprint density at radius 3 is 2.32 bits per heavy atom. The van der Waals surface area contributed by atoms with Crippen LogP contribution < -0.4 is 10.1 Å². The molecule has 0 fully saturated rings. The van der Waals surface area contributed by atoms with Gasteiger partial charge in [-0.15, -0.1) is 0 Å². The van der Waals surface area contributed by atoms with Crippen molar-refractivity contribution in [3.05, 3.63) is 59.1 Å². The fourth-order valence-corrected chi connectivity index (χ4v) is 2.48. The van der Waals surface area contributed by atoms with Crippen molar-refractivity contribution in [1.29, 1.82) is 0 Å². The zero-order valence-corrected chi connectivity index (χ0v) is 16.5. The molecule has 2 aromatic rings. The summed E-state index contributed by atoms with van der Waals surface area (Å²) in [4.78, 5) is 35.6. The van der Waals surface area contributed by atoms with Crippen molar-refractivity contribution in [2.75, 3.05) is 18.5 Å². The molecule has 1 amide bonds. The van der Waals surface area contributed by atoms with Crippen LogP contribution in [0.1, 0.15) is 30.6 Å². The quantitative estimate of drug-likeness (QED) is 0.503. The second kappa shape index (κ2) is 10.5. The molecular formula is C21H22ClNO5. The number of hydrogen-bond acceptors (Lipinski definition) is 5. The molecule has 0 unspecified atom stereocenters. The van der Waals surface area contributed by atoms with E-state index < -0.39 is 12.6 Å². The number of ketones is 1. The van der Waals surface area contributed by atoms with Gasteiger partial charge in [-0.3, -0.25) is 9.59 Å². The number of anilines is 1. The van der Waals surface area contributed by atoms with Gasteiger partial charge in [0.25, 0.3) is 0 Å². The third kappa shape index (κ3) is 7.04. The number of carbonyl (C=O) groups is 3. The smallest absolute Gasteiger partial charge is 0.344 e. The fourth-order valence-electron chi connectivity index (χ4n) is 2.29. The molecule has 0 aromatic heterocycles. The second-order valence-corrected chi connectivity index (χ2v) is 6.93. The van der Waals surface area contributed by atoms with Gasteiger partial charge in [0.1, 0.15) is 5.75 Å². The van der Waals surface area contributed by atoms with Crippen LogP contribution in [0, 0.1) is 5.92 Å². The predicted octanol–water partition coefficient (Wildman–Crippen LogP) is 4.13. The van der Waals surface area contributed by atoms with Gasteiger partial charge in [-0.25, -0.2) is 4.79 Å². The Labute approximate surface area is 168 Å². The van der Waals surface area contributed by atoms with Gasteiger partial charge in [0.15, 0.2) is 19.0 Å². The van der Waals surface area contributed by atoms with Crippen LogP contribution in [-0.4, -0.2) is 30.9 Å². The first-order chi connectivity index (χ1) is 13.3. The van der Waals surface area contributed by atoms with E-state index in [9.17, 15) is 14.4 Å². The summed E-state index contributed by atoms with van der Waals surface area (Å²) in [6.45, 7) is 3.17. The number of rotatable bonds is 9. The molecule has 148 valence electrons. The highest BCUT2D eigenvalue weighted by Gasteiger charge is 2.12. The fraction of sp³-hybridized carbons (Fsp3) is 0.286. The van der Waals surface area contributed by atoms with Crippen molar-refractivity contribution in [2.24, 2.45) is 5.92 Å². The van der Waals surface area contributed by atoms with Crippen molar-refractivity contribution in [3.8, 4) is 5.75 Å². The average Bonchev–Trinajstić information content (AvgIpc) is 2.65. The molecule has 2 rings (SSSR count). The van der Waals surface area contributed by atoms with Gasteiger partial charge in [-0.2, -0.15) is 0 Å². The number of benzene rings is 2. The molecule has 0 atom stereocenters. The minimum absolute atomic E-state index is 0.0819. The van der Waals surface area contributed by atoms with E-state index in [2.05, 4.69) is 5.32 Å². The summed E-state index contributed by atoms with van der Waals surface area (Å²) in [6.07, 6.45) is 0.424. The summed E-state index contributed by atoms with van der Waals surface area (Å²) in [5, 5.41) is 3.14. The van der Waals surface area contributed by atoms with Crippen LogP contribution in [0.3, 0.4) is 0 Å². The van der Waals surface area contributed by atoms with Gasteiger partial charge in [-0.05, 0) is 42.3 Å². The summed E-state index contributed by atoms with van der Waals surface area (Å²) in [5.74, 6) is -0.488. The summed E-state index contributed by atoms with van der Waals surface area (Å²) >= 11 is 5.93. The molecule has 0 bridgehead atoms. The van der Waals surface area contributed by atoms with E-state index in [4.69, 9.17) is 21.1 Å².